The number of hydrogen-bond donors (Lipinski definition) is 3. The van der Waals surface area contributed by atoms with E-state index in [1.165, 1.54) is 0 Å². The van der Waals surface area contributed by atoms with Crippen LogP contribution >= 0.6 is 0 Å². The van der Waals surface area contributed by atoms with Gasteiger partial charge in [0, 0.05) is 6.61 Å². The predicted molar refractivity (Wildman–Crippen MR) is 36.4 cm³/mol. The van der Waals surface area contributed by atoms with E-state index in [4.69, 9.17) is 10.2 Å². The van der Waals surface area contributed by atoms with Crippen molar-refractivity contribution in [3.05, 3.63) is 0 Å². The molecule has 6 heteroatoms. The molecule has 1 unspecified atom stereocenters. The van der Waals surface area contributed by atoms with Gasteiger partial charge in [-0.1, -0.05) is 0 Å². The lowest BCUT2D eigenvalue weighted by atomic mass is 10.3. The summed E-state index contributed by atoms with van der Waals surface area (Å²) in [6.07, 6.45) is -6.24. The van der Waals surface area contributed by atoms with Gasteiger partial charge in [0.25, 0.3) is 0 Å². The number of unbranched alkanes of at least 4 members (excludes halogenated alkanes) is 1. The minimum atomic E-state index is -4.61. The second-order valence-electron chi connectivity index (χ2n) is 2.33. The van der Waals surface area contributed by atoms with Crippen LogP contribution < -0.4 is 5.32 Å². The van der Waals surface area contributed by atoms with Gasteiger partial charge in [-0.15, -0.1) is 0 Å². The third-order valence-electron chi connectivity index (χ3n) is 1.23. The third kappa shape index (κ3) is 5.34. The number of rotatable bonds is 5. The smallest absolute Gasteiger partial charge is 0.396 e. The predicted octanol–water partition coefficient (Wildman–Crippen LogP) is 0.229. The summed E-state index contributed by atoms with van der Waals surface area (Å²) in [5, 5.41) is 18.5. The van der Waals surface area contributed by atoms with E-state index in [1.807, 2.05) is 5.32 Å². The Hall–Kier alpha value is -0.330. The number of halogens is 3. The maximum atomic E-state index is 11.6. The van der Waals surface area contributed by atoms with Crippen molar-refractivity contribution in [3.63, 3.8) is 0 Å². The Bertz CT molecular complexity index is 118. The largest absolute Gasteiger partial charge is 0.427 e. The minimum Gasteiger partial charge on any atom is -0.396 e. The average molecular weight is 187 g/mol. The number of nitrogens with one attached hydrogen (secondary N) is 1. The number of aliphatic hydroxyl groups is 2. The lowest BCUT2D eigenvalue weighted by Crippen LogP contribution is -2.42. The highest BCUT2D eigenvalue weighted by molar-refractivity contribution is 4.61. The third-order valence-corrected chi connectivity index (χ3v) is 1.23. The summed E-state index contributed by atoms with van der Waals surface area (Å²) in [7, 11) is 0. The topological polar surface area (TPSA) is 52.5 Å². The first-order valence-corrected chi connectivity index (χ1v) is 3.57. The normalized spacial score (nSPS) is 14.8. The minimum absolute atomic E-state index is 0.0429. The Morgan fingerprint density at radius 2 is 1.83 bits per heavy atom. The Kier molecular flexibility index (Phi) is 5.19. The maximum Gasteiger partial charge on any atom is 0.427 e. The van der Waals surface area contributed by atoms with Gasteiger partial charge in [0.05, 0.1) is 0 Å². The fourth-order valence-corrected chi connectivity index (χ4v) is 0.591. The molecule has 0 aliphatic rings. The van der Waals surface area contributed by atoms with Crippen LogP contribution in [0.25, 0.3) is 0 Å². The molecule has 74 valence electrons. The van der Waals surface area contributed by atoms with E-state index in [0.29, 0.717) is 12.8 Å². The van der Waals surface area contributed by atoms with Crippen molar-refractivity contribution in [2.45, 2.75) is 25.2 Å². The van der Waals surface area contributed by atoms with Gasteiger partial charge in [0.15, 0.2) is 0 Å². The Labute approximate surface area is 68.2 Å². The van der Waals surface area contributed by atoms with Gasteiger partial charge in [0.1, 0.15) is 0 Å². The number of aliphatic hydroxyl groups excluding tert-OH is 2. The van der Waals surface area contributed by atoms with Gasteiger partial charge < -0.3 is 10.2 Å². The van der Waals surface area contributed by atoms with Crippen molar-refractivity contribution in [2.75, 3.05) is 13.2 Å². The molecule has 0 saturated heterocycles. The molecule has 0 saturated carbocycles. The molecule has 0 aromatic heterocycles. The highest BCUT2D eigenvalue weighted by Crippen LogP contribution is 2.17. The van der Waals surface area contributed by atoms with E-state index in [0.717, 1.165) is 0 Å². The van der Waals surface area contributed by atoms with Gasteiger partial charge in [-0.2, -0.15) is 13.2 Å². The van der Waals surface area contributed by atoms with E-state index in [1.54, 1.807) is 0 Å². The summed E-state index contributed by atoms with van der Waals surface area (Å²) >= 11 is 0. The molecule has 3 nitrogen and oxygen atoms in total. The maximum absolute atomic E-state index is 11.6. The summed E-state index contributed by atoms with van der Waals surface area (Å²) in [4.78, 5) is 0. The zero-order valence-electron chi connectivity index (χ0n) is 6.43. The van der Waals surface area contributed by atoms with Crippen molar-refractivity contribution >= 4 is 0 Å². The van der Waals surface area contributed by atoms with Gasteiger partial charge in [-0.05, 0) is 19.4 Å². The van der Waals surface area contributed by atoms with Crippen LogP contribution in [0.2, 0.25) is 0 Å². The van der Waals surface area contributed by atoms with Crippen molar-refractivity contribution in [1.29, 1.82) is 0 Å². The molecule has 0 fully saturated rings. The molecule has 1 atom stereocenters. The molecular formula is C6H12F3NO2. The summed E-state index contributed by atoms with van der Waals surface area (Å²) in [6, 6.07) is 0. The van der Waals surface area contributed by atoms with E-state index in [9.17, 15) is 13.2 Å². The summed E-state index contributed by atoms with van der Waals surface area (Å²) in [6.45, 7) is -0.00890. The summed E-state index contributed by atoms with van der Waals surface area (Å²) < 4.78 is 34.8. The van der Waals surface area contributed by atoms with Crippen LogP contribution in [0.3, 0.4) is 0 Å². The molecule has 0 rings (SSSR count). The monoisotopic (exact) mass is 187 g/mol. The second-order valence-corrected chi connectivity index (χ2v) is 2.33. The van der Waals surface area contributed by atoms with Crippen LogP contribution in [-0.4, -0.2) is 35.8 Å². The van der Waals surface area contributed by atoms with Crippen LogP contribution in [-0.2, 0) is 0 Å². The molecule has 0 amide bonds. The molecule has 0 aliphatic heterocycles. The van der Waals surface area contributed by atoms with Crippen molar-refractivity contribution in [2.24, 2.45) is 0 Å². The Morgan fingerprint density at radius 1 is 1.25 bits per heavy atom. The van der Waals surface area contributed by atoms with E-state index in [2.05, 4.69) is 0 Å². The first-order chi connectivity index (χ1) is 5.48. The van der Waals surface area contributed by atoms with Gasteiger partial charge in [0.2, 0.25) is 6.23 Å². The molecule has 0 spiro atoms. The van der Waals surface area contributed by atoms with Crippen molar-refractivity contribution < 1.29 is 23.4 Å². The van der Waals surface area contributed by atoms with Gasteiger partial charge in [-0.25, -0.2) is 0 Å². The zero-order chi connectivity index (χ0) is 9.61. The van der Waals surface area contributed by atoms with E-state index < -0.39 is 12.4 Å². The van der Waals surface area contributed by atoms with Crippen LogP contribution in [0.4, 0.5) is 13.2 Å². The fraction of sp³-hybridized carbons (Fsp3) is 1.00. The van der Waals surface area contributed by atoms with Crippen LogP contribution in [0, 0.1) is 0 Å². The van der Waals surface area contributed by atoms with Gasteiger partial charge >= 0.3 is 6.18 Å². The molecule has 0 aliphatic carbocycles. The fourth-order valence-electron chi connectivity index (χ4n) is 0.591. The van der Waals surface area contributed by atoms with Crippen LogP contribution in [0.15, 0.2) is 0 Å². The SMILES string of the molecule is OCCCCNC(O)C(F)(F)F. The molecule has 0 aromatic carbocycles. The van der Waals surface area contributed by atoms with Crippen LogP contribution in [0.1, 0.15) is 12.8 Å². The van der Waals surface area contributed by atoms with Crippen LogP contribution in [0.5, 0.6) is 0 Å². The molecular weight excluding hydrogens is 175 g/mol. The number of hydrogen-bond acceptors (Lipinski definition) is 3. The Balaban J connectivity index is 3.38. The van der Waals surface area contributed by atoms with E-state index >= 15 is 0 Å². The average Bonchev–Trinajstić information content (AvgIpc) is 1.96. The lowest BCUT2D eigenvalue weighted by Gasteiger charge is -2.15. The second kappa shape index (κ2) is 5.34. The Morgan fingerprint density at radius 3 is 2.25 bits per heavy atom. The zero-order valence-corrected chi connectivity index (χ0v) is 6.43. The molecule has 3 N–H and O–H groups in total. The van der Waals surface area contributed by atoms with Crippen molar-refractivity contribution in [3.8, 4) is 0 Å². The number of alkyl halides is 3. The first kappa shape index (κ1) is 11.7. The molecule has 0 bridgehead atoms. The molecule has 0 radical (unpaired) electrons. The first-order valence-electron chi connectivity index (χ1n) is 3.57. The standard InChI is InChI=1S/C6H12F3NO2/c7-6(8,9)5(12)10-3-1-2-4-11/h5,10-12H,1-4H2. The lowest BCUT2D eigenvalue weighted by molar-refractivity contribution is -0.213. The van der Waals surface area contributed by atoms with E-state index in [-0.39, 0.29) is 13.2 Å². The molecule has 0 aromatic rings. The highest BCUT2D eigenvalue weighted by atomic mass is 19.4. The molecule has 0 heterocycles. The quantitative estimate of drug-likeness (QED) is 0.426. The summed E-state index contributed by atoms with van der Waals surface area (Å²) in [5.74, 6) is 0. The summed E-state index contributed by atoms with van der Waals surface area (Å²) in [5.41, 5.74) is 0. The molecule has 12 heavy (non-hydrogen) atoms. The highest BCUT2D eigenvalue weighted by Gasteiger charge is 2.37. The van der Waals surface area contributed by atoms with Crippen molar-refractivity contribution in [1.82, 2.24) is 5.32 Å². The van der Waals surface area contributed by atoms with Gasteiger partial charge in [-0.3, -0.25) is 5.32 Å².